The fraction of sp³-hybridized carbons (Fsp3) is 0.0625. The van der Waals surface area contributed by atoms with Crippen molar-refractivity contribution in [2.75, 3.05) is 5.32 Å². The van der Waals surface area contributed by atoms with Crippen molar-refractivity contribution in [1.82, 2.24) is 9.55 Å². The fourth-order valence-electron chi connectivity index (χ4n) is 2.08. The number of halogens is 1. The Hall–Kier alpha value is -2.26. The van der Waals surface area contributed by atoms with E-state index < -0.39 is 0 Å². The lowest BCUT2D eigenvalue weighted by Crippen LogP contribution is -2.03. The van der Waals surface area contributed by atoms with Gasteiger partial charge in [0.05, 0.1) is 17.7 Å². The van der Waals surface area contributed by atoms with E-state index in [4.69, 9.17) is 11.6 Å². The first-order chi connectivity index (χ1) is 9.84. The van der Waals surface area contributed by atoms with Crippen molar-refractivity contribution in [1.29, 1.82) is 0 Å². The first kappa shape index (κ1) is 12.8. The summed E-state index contributed by atoms with van der Waals surface area (Å²) in [6.07, 6.45) is 5.48. The van der Waals surface area contributed by atoms with E-state index in [0.717, 1.165) is 22.0 Å². The summed E-state index contributed by atoms with van der Waals surface area (Å²) < 4.78 is 1.98. The number of benzene rings is 2. The summed E-state index contributed by atoms with van der Waals surface area (Å²) >= 11 is 6.17. The second-order valence-corrected chi connectivity index (χ2v) is 4.84. The van der Waals surface area contributed by atoms with Gasteiger partial charge >= 0.3 is 0 Å². The van der Waals surface area contributed by atoms with Crippen LogP contribution >= 0.6 is 11.6 Å². The molecule has 3 nitrogen and oxygen atoms in total. The zero-order chi connectivity index (χ0) is 13.8. The summed E-state index contributed by atoms with van der Waals surface area (Å²) in [6, 6.07) is 16.0. The van der Waals surface area contributed by atoms with Crippen LogP contribution in [0.15, 0.2) is 67.3 Å². The molecule has 0 saturated heterocycles. The second-order valence-electron chi connectivity index (χ2n) is 4.43. The van der Waals surface area contributed by atoms with E-state index in [-0.39, 0.29) is 0 Å². The average molecular weight is 284 g/mol. The molecule has 0 aliphatic carbocycles. The molecule has 0 unspecified atom stereocenters. The number of anilines is 1. The molecule has 4 heteroatoms. The molecule has 3 rings (SSSR count). The number of rotatable bonds is 4. The highest BCUT2D eigenvalue weighted by Gasteiger charge is 2.04. The monoisotopic (exact) mass is 283 g/mol. The normalized spacial score (nSPS) is 10.4. The topological polar surface area (TPSA) is 29.9 Å². The summed E-state index contributed by atoms with van der Waals surface area (Å²) in [4.78, 5) is 4.09. The maximum atomic E-state index is 6.17. The number of nitrogens with zero attached hydrogens (tertiary/aromatic N) is 2. The van der Waals surface area contributed by atoms with Crippen LogP contribution < -0.4 is 5.32 Å². The summed E-state index contributed by atoms with van der Waals surface area (Å²) in [5.74, 6) is 0. The van der Waals surface area contributed by atoms with Gasteiger partial charge in [-0.2, -0.15) is 0 Å². The molecular formula is C16H14ClN3. The quantitative estimate of drug-likeness (QED) is 0.780. The molecule has 0 bridgehead atoms. The van der Waals surface area contributed by atoms with Gasteiger partial charge in [-0.25, -0.2) is 4.98 Å². The molecule has 0 aliphatic rings. The molecule has 0 atom stereocenters. The molecule has 1 aromatic heterocycles. The van der Waals surface area contributed by atoms with E-state index in [1.54, 1.807) is 12.5 Å². The number of imidazole rings is 1. The Labute approximate surface area is 122 Å². The second kappa shape index (κ2) is 5.80. The van der Waals surface area contributed by atoms with Crippen LogP contribution in [0.25, 0.3) is 5.69 Å². The molecule has 3 aromatic rings. The largest absolute Gasteiger partial charge is 0.379 e. The predicted octanol–water partition coefficient (Wildman–Crippen LogP) is 4.14. The van der Waals surface area contributed by atoms with Crippen molar-refractivity contribution >= 4 is 17.3 Å². The van der Waals surface area contributed by atoms with E-state index >= 15 is 0 Å². The minimum absolute atomic E-state index is 0.686. The van der Waals surface area contributed by atoms with Gasteiger partial charge in [-0.05, 0) is 23.8 Å². The van der Waals surface area contributed by atoms with Crippen LogP contribution in [-0.4, -0.2) is 9.55 Å². The summed E-state index contributed by atoms with van der Waals surface area (Å²) in [7, 11) is 0. The number of hydrogen-bond donors (Lipinski definition) is 1. The van der Waals surface area contributed by atoms with E-state index in [1.807, 2.05) is 53.2 Å². The van der Waals surface area contributed by atoms with Gasteiger partial charge in [0, 0.05) is 24.0 Å². The van der Waals surface area contributed by atoms with Crippen molar-refractivity contribution in [3.8, 4) is 5.69 Å². The SMILES string of the molecule is Clc1ccccc1CNc1ccccc1-n1ccnc1. The van der Waals surface area contributed by atoms with E-state index in [9.17, 15) is 0 Å². The molecule has 0 saturated carbocycles. The average Bonchev–Trinajstić information content (AvgIpc) is 3.01. The van der Waals surface area contributed by atoms with Crippen LogP contribution in [0.5, 0.6) is 0 Å². The van der Waals surface area contributed by atoms with Gasteiger partial charge in [-0.1, -0.05) is 41.9 Å². The lowest BCUT2D eigenvalue weighted by atomic mass is 10.2. The van der Waals surface area contributed by atoms with Crippen LogP contribution in [-0.2, 0) is 6.54 Å². The predicted molar refractivity (Wildman–Crippen MR) is 82.3 cm³/mol. The molecule has 0 amide bonds. The van der Waals surface area contributed by atoms with Gasteiger partial charge in [-0.15, -0.1) is 0 Å². The first-order valence-electron chi connectivity index (χ1n) is 6.39. The van der Waals surface area contributed by atoms with Gasteiger partial charge in [0.1, 0.15) is 0 Å². The Balaban J connectivity index is 1.84. The summed E-state index contributed by atoms with van der Waals surface area (Å²) in [5, 5.41) is 4.20. The number of aromatic nitrogens is 2. The minimum atomic E-state index is 0.686. The van der Waals surface area contributed by atoms with E-state index in [2.05, 4.69) is 16.4 Å². The molecule has 1 heterocycles. The van der Waals surface area contributed by atoms with Gasteiger partial charge in [0.2, 0.25) is 0 Å². The Morgan fingerprint density at radius 3 is 2.65 bits per heavy atom. The van der Waals surface area contributed by atoms with Crippen LogP contribution in [0.4, 0.5) is 5.69 Å². The Bertz CT molecular complexity index is 692. The molecule has 1 N–H and O–H groups in total. The van der Waals surface area contributed by atoms with Gasteiger partial charge in [0.25, 0.3) is 0 Å². The molecule has 0 spiro atoms. The number of nitrogens with one attached hydrogen (secondary N) is 1. The van der Waals surface area contributed by atoms with Gasteiger partial charge in [-0.3, -0.25) is 0 Å². The third-order valence-electron chi connectivity index (χ3n) is 3.11. The summed E-state index contributed by atoms with van der Waals surface area (Å²) in [5.41, 5.74) is 3.19. The van der Waals surface area contributed by atoms with Crippen molar-refractivity contribution < 1.29 is 0 Å². The molecular weight excluding hydrogens is 270 g/mol. The van der Waals surface area contributed by atoms with Crippen molar-refractivity contribution in [2.24, 2.45) is 0 Å². The van der Waals surface area contributed by atoms with Crippen LogP contribution in [0.1, 0.15) is 5.56 Å². The Kier molecular flexibility index (Phi) is 3.70. The fourth-order valence-corrected chi connectivity index (χ4v) is 2.28. The number of para-hydroxylation sites is 2. The lowest BCUT2D eigenvalue weighted by molar-refractivity contribution is 1.04. The minimum Gasteiger partial charge on any atom is -0.379 e. The first-order valence-corrected chi connectivity index (χ1v) is 6.77. The molecule has 0 fully saturated rings. The zero-order valence-corrected chi connectivity index (χ0v) is 11.6. The van der Waals surface area contributed by atoms with Crippen molar-refractivity contribution in [3.63, 3.8) is 0 Å². The molecule has 0 aliphatic heterocycles. The standard InChI is InChI=1S/C16H14ClN3/c17-14-6-2-1-5-13(14)11-19-15-7-3-4-8-16(15)20-10-9-18-12-20/h1-10,12,19H,11H2. The highest BCUT2D eigenvalue weighted by Crippen LogP contribution is 2.22. The maximum absolute atomic E-state index is 6.17. The third-order valence-corrected chi connectivity index (χ3v) is 3.48. The van der Waals surface area contributed by atoms with E-state index in [1.165, 1.54) is 0 Å². The molecule has 20 heavy (non-hydrogen) atoms. The zero-order valence-electron chi connectivity index (χ0n) is 10.8. The third kappa shape index (κ3) is 2.68. The maximum Gasteiger partial charge on any atom is 0.0992 e. The number of hydrogen-bond acceptors (Lipinski definition) is 2. The van der Waals surface area contributed by atoms with Gasteiger partial charge in [0.15, 0.2) is 0 Å². The highest BCUT2D eigenvalue weighted by atomic mass is 35.5. The molecule has 100 valence electrons. The smallest absolute Gasteiger partial charge is 0.0992 e. The van der Waals surface area contributed by atoms with E-state index in [0.29, 0.717) is 6.54 Å². The Morgan fingerprint density at radius 2 is 1.85 bits per heavy atom. The van der Waals surface area contributed by atoms with Crippen LogP contribution in [0.3, 0.4) is 0 Å². The molecule has 0 radical (unpaired) electrons. The Morgan fingerprint density at radius 1 is 1.05 bits per heavy atom. The molecule has 2 aromatic carbocycles. The van der Waals surface area contributed by atoms with Crippen LogP contribution in [0, 0.1) is 0 Å². The van der Waals surface area contributed by atoms with Crippen molar-refractivity contribution in [2.45, 2.75) is 6.54 Å². The summed E-state index contributed by atoms with van der Waals surface area (Å²) in [6.45, 7) is 0.686. The van der Waals surface area contributed by atoms with Crippen LogP contribution in [0.2, 0.25) is 5.02 Å². The van der Waals surface area contributed by atoms with Crippen molar-refractivity contribution in [3.05, 3.63) is 77.8 Å². The van der Waals surface area contributed by atoms with Gasteiger partial charge < -0.3 is 9.88 Å². The lowest BCUT2D eigenvalue weighted by Gasteiger charge is -2.13. The highest BCUT2D eigenvalue weighted by molar-refractivity contribution is 6.31.